The summed E-state index contributed by atoms with van der Waals surface area (Å²) in [7, 11) is 2.57. The highest BCUT2D eigenvalue weighted by atomic mass is 28.2. The summed E-state index contributed by atoms with van der Waals surface area (Å²) in [4.78, 5) is 22.7. The van der Waals surface area contributed by atoms with Crippen LogP contribution in [0.15, 0.2) is 0 Å². The molecule has 0 aliphatic carbocycles. The first-order valence-corrected chi connectivity index (χ1v) is 6.07. The predicted molar refractivity (Wildman–Crippen MR) is 61.0 cm³/mol. The van der Waals surface area contributed by atoms with Gasteiger partial charge in [0.1, 0.15) is 0 Å². The first kappa shape index (κ1) is 15.3. The average molecular weight is 243 g/mol. The van der Waals surface area contributed by atoms with Gasteiger partial charge in [-0.3, -0.25) is 4.79 Å². The van der Waals surface area contributed by atoms with E-state index in [1.165, 1.54) is 0 Å². The van der Waals surface area contributed by atoms with Gasteiger partial charge in [0.05, 0.1) is 12.5 Å². The van der Waals surface area contributed by atoms with Gasteiger partial charge in [0, 0.05) is 6.61 Å². The van der Waals surface area contributed by atoms with Crippen LogP contribution in [0.4, 0.5) is 0 Å². The van der Waals surface area contributed by atoms with Crippen molar-refractivity contribution in [2.45, 2.75) is 39.5 Å². The molecule has 3 radical (unpaired) electrons. The summed E-state index contributed by atoms with van der Waals surface area (Å²) < 4.78 is 9.44. The molecule has 0 aliphatic rings. The molecule has 91 valence electrons. The third-order valence-corrected chi connectivity index (χ3v) is 2.53. The lowest BCUT2D eigenvalue weighted by Gasteiger charge is -2.13. The predicted octanol–water partition coefficient (Wildman–Crippen LogP) is 1.42. The van der Waals surface area contributed by atoms with E-state index in [2.05, 4.69) is 21.8 Å². The molecule has 1 unspecified atom stereocenters. The van der Waals surface area contributed by atoms with E-state index in [1.807, 2.05) is 6.92 Å². The standard InChI is InChI=1S/C11H19O4Si/c1-3-5-6-7-9(8-14-4-2)10(12)11(13)15-16/h9H,3-8H2,1-2H3. The molecule has 0 N–H and O–H groups in total. The van der Waals surface area contributed by atoms with Crippen molar-refractivity contribution >= 4 is 22.2 Å². The Labute approximate surface area is 100 Å². The summed E-state index contributed by atoms with van der Waals surface area (Å²) in [6, 6.07) is 0. The Morgan fingerprint density at radius 3 is 2.44 bits per heavy atom. The van der Waals surface area contributed by atoms with Crippen LogP contribution in [0.5, 0.6) is 0 Å². The normalized spacial score (nSPS) is 12.2. The molecule has 5 heteroatoms. The van der Waals surface area contributed by atoms with Crippen molar-refractivity contribution in [2.75, 3.05) is 13.2 Å². The lowest BCUT2D eigenvalue weighted by Crippen LogP contribution is -2.28. The van der Waals surface area contributed by atoms with Crippen LogP contribution in [-0.4, -0.2) is 35.5 Å². The third-order valence-electron chi connectivity index (χ3n) is 2.34. The van der Waals surface area contributed by atoms with Gasteiger partial charge in [-0.15, -0.1) is 0 Å². The van der Waals surface area contributed by atoms with Gasteiger partial charge in [-0.2, -0.15) is 0 Å². The second-order valence-electron chi connectivity index (χ2n) is 3.61. The molecular formula is C11H19O4Si. The lowest BCUT2D eigenvalue weighted by atomic mass is 9.97. The quantitative estimate of drug-likeness (QED) is 0.349. The van der Waals surface area contributed by atoms with Gasteiger partial charge in [0.15, 0.2) is 0 Å². The highest BCUT2D eigenvalue weighted by molar-refractivity contribution is 6.37. The van der Waals surface area contributed by atoms with Crippen molar-refractivity contribution in [1.82, 2.24) is 0 Å². The summed E-state index contributed by atoms with van der Waals surface area (Å²) in [6.07, 6.45) is 3.74. The number of ether oxygens (including phenoxy) is 1. The van der Waals surface area contributed by atoms with Crippen LogP contribution in [0.1, 0.15) is 39.5 Å². The molecule has 0 amide bonds. The van der Waals surface area contributed by atoms with E-state index >= 15 is 0 Å². The smallest absolute Gasteiger partial charge is 0.361 e. The van der Waals surface area contributed by atoms with Gasteiger partial charge in [-0.25, -0.2) is 4.79 Å². The molecule has 0 aromatic rings. The summed E-state index contributed by atoms with van der Waals surface area (Å²) >= 11 is 0. The van der Waals surface area contributed by atoms with Crippen molar-refractivity contribution in [3.8, 4) is 0 Å². The van der Waals surface area contributed by atoms with Crippen LogP contribution < -0.4 is 0 Å². The Balaban J connectivity index is 4.17. The molecule has 0 saturated heterocycles. The monoisotopic (exact) mass is 243 g/mol. The topological polar surface area (TPSA) is 52.6 Å². The third kappa shape index (κ3) is 6.02. The number of hydrogen-bond donors (Lipinski definition) is 0. The molecule has 0 bridgehead atoms. The number of hydrogen-bond acceptors (Lipinski definition) is 4. The molecule has 0 saturated carbocycles. The summed E-state index contributed by atoms with van der Waals surface area (Å²) in [6.45, 7) is 4.78. The second kappa shape index (κ2) is 9.54. The average Bonchev–Trinajstić information content (AvgIpc) is 2.31. The maximum atomic E-state index is 11.6. The number of rotatable bonds is 9. The molecule has 16 heavy (non-hydrogen) atoms. The molecule has 0 aromatic carbocycles. The SMILES string of the molecule is CCCCCC(COCC)C(=O)C(=O)O[Si]. The number of carbonyl (C=O) groups excluding carboxylic acids is 2. The maximum Gasteiger partial charge on any atom is 0.361 e. The van der Waals surface area contributed by atoms with Gasteiger partial charge in [-0.1, -0.05) is 26.2 Å². The summed E-state index contributed by atoms with van der Waals surface area (Å²) in [5.41, 5.74) is 0. The van der Waals surface area contributed by atoms with E-state index in [0.717, 1.165) is 19.3 Å². The molecule has 1 atom stereocenters. The van der Waals surface area contributed by atoms with Crippen molar-refractivity contribution in [3.63, 3.8) is 0 Å². The molecule has 0 aromatic heterocycles. The Morgan fingerprint density at radius 1 is 1.25 bits per heavy atom. The number of ketones is 1. The van der Waals surface area contributed by atoms with Gasteiger partial charge in [0.25, 0.3) is 0 Å². The van der Waals surface area contributed by atoms with Crippen LogP contribution in [0, 0.1) is 5.92 Å². The Bertz CT molecular complexity index is 218. The van der Waals surface area contributed by atoms with E-state index in [1.54, 1.807) is 0 Å². The fourth-order valence-corrected chi connectivity index (χ4v) is 1.51. The Kier molecular flexibility index (Phi) is 9.13. The zero-order valence-electron chi connectivity index (χ0n) is 9.95. The minimum Gasteiger partial charge on any atom is -0.510 e. The molecule has 4 nitrogen and oxygen atoms in total. The Hall–Kier alpha value is -0.683. The zero-order valence-corrected chi connectivity index (χ0v) is 11.0. The molecule has 0 spiro atoms. The summed E-state index contributed by atoms with van der Waals surface area (Å²) in [5.74, 6) is -1.74. The fraction of sp³-hybridized carbons (Fsp3) is 0.818. The second-order valence-corrected chi connectivity index (χ2v) is 3.81. The van der Waals surface area contributed by atoms with Crippen molar-refractivity contribution in [1.29, 1.82) is 0 Å². The first-order chi connectivity index (χ1) is 7.67. The van der Waals surface area contributed by atoms with Gasteiger partial charge in [0.2, 0.25) is 5.78 Å². The van der Waals surface area contributed by atoms with Crippen molar-refractivity contribution in [2.24, 2.45) is 5.92 Å². The van der Waals surface area contributed by atoms with E-state index < -0.39 is 11.8 Å². The van der Waals surface area contributed by atoms with Crippen LogP contribution in [-0.2, 0) is 18.8 Å². The van der Waals surface area contributed by atoms with Crippen molar-refractivity contribution in [3.05, 3.63) is 0 Å². The van der Waals surface area contributed by atoms with E-state index in [0.29, 0.717) is 19.6 Å². The zero-order chi connectivity index (χ0) is 12.4. The minimum atomic E-state index is -0.849. The van der Waals surface area contributed by atoms with Crippen molar-refractivity contribution < 1.29 is 18.8 Å². The maximum absolute atomic E-state index is 11.6. The summed E-state index contributed by atoms with van der Waals surface area (Å²) in [5, 5.41) is 0. The number of unbranched alkanes of at least 4 members (excludes halogenated alkanes) is 2. The van der Waals surface area contributed by atoms with Gasteiger partial charge < -0.3 is 9.16 Å². The minimum absolute atomic E-state index is 0.292. The van der Waals surface area contributed by atoms with E-state index in [9.17, 15) is 9.59 Å². The van der Waals surface area contributed by atoms with E-state index in [-0.39, 0.29) is 5.92 Å². The highest BCUT2D eigenvalue weighted by Gasteiger charge is 2.25. The Morgan fingerprint density at radius 2 is 1.94 bits per heavy atom. The van der Waals surface area contributed by atoms with Crippen LogP contribution >= 0.6 is 0 Å². The van der Waals surface area contributed by atoms with Crippen LogP contribution in [0.3, 0.4) is 0 Å². The molecule has 0 heterocycles. The first-order valence-electron chi connectivity index (χ1n) is 5.66. The van der Waals surface area contributed by atoms with E-state index in [4.69, 9.17) is 4.74 Å². The van der Waals surface area contributed by atoms with Gasteiger partial charge >= 0.3 is 16.5 Å². The van der Waals surface area contributed by atoms with Crippen LogP contribution in [0.25, 0.3) is 0 Å². The molecule has 0 aliphatic heterocycles. The highest BCUT2D eigenvalue weighted by Crippen LogP contribution is 2.12. The molecule has 0 rings (SSSR count). The molecule has 0 fully saturated rings. The van der Waals surface area contributed by atoms with Crippen LogP contribution in [0.2, 0.25) is 0 Å². The lowest BCUT2D eigenvalue weighted by molar-refractivity contribution is -0.150. The molecular weight excluding hydrogens is 224 g/mol. The fourth-order valence-electron chi connectivity index (χ4n) is 1.41. The number of Topliss-reactive ketones (excluding diaryl/α,β-unsaturated/α-hetero) is 1. The number of carbonyl (C=O) groups is 2. The largest absolute Gasteiger partial charge is 0.510 e. The van der Waals surface area contributed by atoms with Gasteiger partial charge in [-0.05, 0) is 13.3 Å².